The second-order valence-electron chi connectivity index (χ2n) is 9.40. The smallest absolute Gasteiger partial charge is 0.343 e. The lowest BCUT2D eigenvalue weighted by Gasteiger charge is -2.37. The average molecular weight is 573 g/mol. The summed E-state index contributed by atoms with van der Waals surface area (Å²) < 4.78 is 6.24. The van der Waals surface area contributed by atoms with Gasteiger partial charge in [-0.05, 0) is 60.7 Å². The molecule has 0 unspecified atom stereocenters. The molecule has 2 aromatic carbocycles. The van der Waals surface area contributed by atoms with E-state index in [1.165, 1.54) is 0 Å². The summed E-state index contributed by atoms with van der Waals surface area (Å²) in [5.74, 6) is -0.613. The third kappa shape index (κ3) is 5.18. The molecule has 1 amide bonds. The molecule has 0 saturated carbocycles. The minimum Gasteiger partial charge on any atom is -0.471 e. The Balaban J connectivity index is 1.63. The number of ether oxygens (including phenoxy) is 1. The van der Waals surface area contributed by atoms with E-state index in [0.717, 1.165) is 17.2 Å². The lowest BCUT2D eigenvalue weighted by Crippen LogP contribution is -2.41. The lowest BCUT2D eigenvalue weighted by atomic mass is 9.88. The molecule has 12 heteroatoms. The first-order valence-corrected chi connectivity index (χ1v) is 12.6. The number of aromatic nitrogens is 3. The second-order valence-corrected chi connectivity index (χ2v) is 10.7. The number of halogens is 3. The third-order valence-electron chi connectivity index (χ3n) is 6.10. The average Bonchev–Trinajstić information content (AvgIpc) is 3.35. The number of carbonyl (C=O) groups is 1. The van der Waals surface area contributed by atoms with Crippen molar-refractivity contribution >= 4 is 46.5 Å². The number of nitro groups is 1. The number of nitrogens with zero attached hydrogens (tertiary/aromatic N) is 3. The Morgan fingerprint density at radius 2 is 1.79 bits per heavy atom. The third-order valence-corrected chi connectivity index (χ3v) is 6.90. The summed E-state index contributed by atoms with van der Waals surface area (Å²) in [6.45, 7) is 3.77. The Hall–Kier alpha value is -3.66. The number of aromatic amines is 1. The first-order valence-electron chi connectivity index (χ1n) is 11.5. The van der Waals surface area contributed by atoms with Crippen molar-refractivity contribution in [2.75, 3.05) is 0 Å². The summed E-state index contributed by atoms with van der Waals surface area (Å²) in [5.41, 5.74) is 2.64. The van der Waals surface area contributed by atoms with Crippen LogP contribution in [0.4, 0.5) is 5.82 Å². The van der Waals surface area contributed by atoms with E-state index < -0.39 is 22.5 Å². The predicted octanol–water partition coefficient (Wildman–Crippen LogP) is 7.04. The predicted molar refractivity (Wildman–Crippen MR) is 145 cm³/mol. The Morgan fingerprint density at radius 1 is 1.08 bits per heavy atom. The van der Waals surface area contributed by atoms with Gasteiger partial charge in [0.15, 0.2) is 5.69 Å². The van der Waals surface area contributed by atoms with Crippen LogP contribution in [-0.4, -0.2) is 31.6 Å². The maximum atomic E-state index is 13.0. The Labute approximate surface area is 232 Å². The van der Waals surface area contributed by atoms with Crippen LogP contribution in [0.5, 0.6) is 5.88 Å². The van der Waals surface area contributed by atoms with Gasteiger partial charge in [-0.25, -0.2) is 4.98 Å². The van der Waals surface area contributed by atoms with Crippen molar-refractivity contribution in [1.82, 2.24) is 20.5 Å². The Kier molecular flexibility index (Phi) is 6.77. The molecule has 194 valence electrons. The molecule has 1 aliphatic heterocycles. The van der Waals surface area contributed by atoms with Crippen molar-refractivity contribution < 1.29 is 14.5 Å². The molecule has 0 saturated heterocycles. The van der Waals surface area contributed by atoms with Crippen LogP contribution in [0.2, 0.25) is 15.1 Å². The zero-order valence-corrected chi connectivity index (χ0v) is 22.4. The molecule has 0 bridgehead atoms. The molecular formula is C26H20Cl3N5O4. The molecule has 5 rings (SSSR count). The summed E-state index contributed by atoms with van der Waals surface area (Å²) in [7, 11) is 0. The van der Waals surface area contributed by atoms with E-state index in [-0.39, 0.29) is 11.5 Å². The molecule has 0 aliphatic carbocycles. The number of H-pyrrole nitrogens is 1. The van der Waals surface area contributed by atoms with Crippen LogP contribution in [0.15, 0.2) is 54.6 Å². The normalized spacial score (nSPS) is 15.9. The minimum atomic E-state index is -0.682. The standard InChI is InChI=1S/C26H20Cl3N5O4/c1-26(2)12-21(30-24(35)20-11-22(33-32-20)34(36)37)18-10-17(13-3-5-14(27)6-4-13)23(31-25(18)38-26)16-8-7-15(28)9-19(16)29/h3-11,21H,12H2,1-2H3,(H,30,35)(H,32,33)/t21-/m1/s1. The van der Waals surface area contributed by atoms with Gasteiger partial charge in [0.05, 0.1) is 22.8 Å². The Morgan fingerprint density at radius 3 is 2.45 bits per heavy atom. The van der Waals surface area contributed by atoms with Crippen molar-refractivity contribution in [2.45, 2.75) is 31.9 Å². The van der Waals surface area contributed by atoms with E-state index in [9.17, 15) is 14.9 Å². The lowest BCUT2D eigenvalue weighted by molar-refractivity contribution is -0.389. The summed E-state index contributed by atoms with van der Waals surface area (Å²) in [5, 5.41) is 21.5. The molecular weight excluding hydrogens is 553 g/mol. The van der Waals surface area contributed by atoms with Crippen LogP contribution >= 0.6 is 34.8 Å². The molecule has 1 aliphatic rings. The van der Waals surface area contributed by atoms with Crippen molar-refractivity contribution in [3.63, 3.8) is 0 Å². The quantitative estimate of drug-likeness (QED) is 0.195. The molecule has 9 nitrogen and oxygen atoms in total. The highest BCUT2D eigenvalue weighted by molar-refractivity contribution is 6.36. The number of carbonyl (C=O) groups excluding carboxylic acids is 1. The van der Waals surface area contributed by atoms with Gasteiger partial charge in [0.2, 0.25) is 5.88 Å². The maximum absolute atomic E-state index is 13.0. The van der Waals surface area contributed by atoms with Gasteiger partial charge in [-0.1, -0.05) is 52.0 Å². The van der Waals surface area contributed by atoms with Gasteiger partial charge in [-0.2, -0.15) is 0 Å². The summed E-state index contributed by atoms with van der Waals surface area (Å²) in [6, 6.07) is 14.9. The maximum Gasteiger partial charge on any atom is 0.343 e. The highest BCUT2D eigenvalue weighted by Gasteiger charge is 2.37. The minimum absolute atomic E-state index is 0.0991. The van der Waals surface area contributed by atoms with E-state index in [4.69, 9.17) is 44.5 Å². The van der Waals surface area contributed by atoms with Crippen molar-refractivity contribution in [3.05, 3.63) is 91.0 Å². The van der Waals surface area contributed by atoms with E-state index >= 15 is 0 Å². The topological polar surface area (TPSA) is 123 Å². The number of amides is 1. The van der Waals surface area contributed by atoms with Crippen molar-refractivity contribution in [2.24, 2.45) is 0 Å². The summed E-state index contributed by atoms with van der Waals surface area (Å²) >= 11 is 18.9. The van der Waals surface area contributed by atoms with Gasteiger partial charge in [-0.3, -0.25) is 4.79 Å². The van der Waals surface area contributed by atoms with E-state index in [0.29, 0.717) is 44.2 Å². The van der Waals surface area contributed by atoms with Gasteiger partial charge in [0, 0.05) is 33.2 Å². The van der Waals surface area contributed by atoms with Crippen LogP contribution in [-0.2, 0) is 0 Å². The van der Waals surface area contributed by atoms with Crippen molar-refractivity contribution in [1.29, 1.82) is 0 Å². The van der Waals surface area contributed by atoms with Crippen molar-refractivity contribution in [3.8, 4) is 28.3 Å². The molecule has 38 heavy (non-hydrogen) atoms. The molecule has 3 heterocycles. The molecule has 4 aromatic rings. The molecule has 0 spiro atoms. The fraction of sp³-hybridized carbons (Fsp3) is 0.192. The first-order chi connectivity index (χ1) is 18.0. The molecule has 2 N–H and O–H groups in total. The number of nitrogens with one attached hydrogen (secondary N) is 2. The van der Waals surface area contributed by atoms with E-state index in [2.05, 4.69) is 15.5 Å². The largest absolute Gasteiger partial charge is 0.471 e. The van der Waals surface area contributed by atoms with Crippen LogP contribution in [0.1, 0.15) is 42.4 Å². The second kappa shape index (κ2) is 9.90. The molecule has 2 aromatic heterocycles. The fourth-order valence-corrected chi connectivity index (χ4v) is 4.99. The van der Waals surface area contributed by atoms with E-state index in [1.54, 1.807) is 30.3 Å². The van der Waals surface area contributed by atoms with Crippen LogP contribution in [0.25, 0.3) is 22.4 Å². The van der Waals surface area contributed by atoms with Crippen LogP contribution in [0.3, 0.4) is 0 Å². The summed E-state index contributed by atoms with van der Waals surface area (Å²) in [4.78, 5) is 28.2. The van der Waals surface area contributed by atoms with Crippen LogP contribution in [0, 0.1) is 10.1 Å². The van der Waals surface area contributed by atoms with Gasteiger partial charge < -0.3 is 20.2 Å². The SMILES string of the molecule is CC1(C)C[C@@H](NC(=O)c2cc([N+](=O)[O-])[nH]n2)c2cc(-c3ccc(Cl)cc3)c(-c3ccc(Cl)cc3Cl)nc2O1. The van der Waals surface area contributed by atoms with E-state index in [1.807, 2.05) is 32.0 Å². The van der Waals surface area contributed by atoms with Gasteiger partial charge in [-0.15, -0.1) is 5.10 Å². The zero-order valence-electron chi connectivity index (χ0n) is 20.1. The number of hydrogen-bond acceptors (Lipinski definition) is 6. The van der Waals surface area contributed by atoms with Gasteiger partial charge in [0.1, 0.15) is 5.60 Å². The first kappa shape index (κ1) is 26.0. The van der Waals surface area contributed by atoms with Gasteiger partial charge in [0.25, 0.3) is 5.91 Å². The number of pyridine rings is 1. The number of hydrogen-bond donors (Lipinski definition) is 2. The highest BCUT2D eigenvalue weighted by Crippen LogP contribution is 2.45. The van der Waals surface area contributed by atoms with Crippen LogP contribution < -0.4 is 10.1 Å². The highest BCUT2D eigenvalue weighted by atomic mass is 35.5. The van der Waals surface area contributed by atoms with Gasteiger partial charge >= 0.3 is 5.82 Å². The molecule has 0 fully saturated rings. The fourth-order valence-electron chi connectivity index (χ4n) is 4.37. The Bertz CT molecular complexity index is 1570. The summed E-state index contributed by atoms with van der Waals surface area (Å²) in [6.07, 6.45) is 0.418. The number of benzene rings is 2. The zero-order chi connectivity index (χ0) is 27.2. The monoisotopic (exact) mass is 571 g/mol. The number of rotatable bonds is 5. The molecule has 1 atom stereocenters. The molecule has 0 radical (unpaired) electrons. The number of fused-ring (bicyclic) bond motifs is 1.